The van der Waals surface area contributed by atoms with Crippen molar-refractivity contribution in [1.29, 1.82) is 0 Å². The molecule has 0 bridgehead atoms. The van der Waals surface area contributed by atoms with E-state index in [-0.39, 0.29) is 6.10 Å². The number of rotatable bonds is 1. The molecular weight excluding hydrogens is 288 g/mol. The van der Waals surface area contributed by atoms with Crippen molar-refractivity contribution >= 4 is 12.6 Å². The molecular formula is C18H32N4O. The monoisotopic (exact) mass is 320 g/mol. The molecule has 0 amide bonds. The minimum atomic E-state index is 0.287. The minimum absolute atomic E-state index is 0.287. The number of hydrazone groups is 1. The third-order valence-corrected chi connectivity index (χ3v) is 4.02. The number of allylic oxidation sites excluding steroid dienone is 1. The van der Waals surface area contributed by atoms with E-state index in [1.165, 1.54) is 12.8 Å². The smallest absolute Gasteiger partial charge is 0.180 e. The quantitative estimate of drug-likeness (QED) is 0.675. The third kappa shape index (κ3) is 3.77. The first kappa shape index (κ1) is 19.3. The van der Waals surface area contributed by atoms with Gasteiger partial charge in [0.05, 0.1) is 12.2 Å². The van der Waals surface area contributed by atoms with Crippen molar-refractivity contribution in [1.82, 2.24) is 9.91 Å². The fourth-order valence-corrected chi connectivity index (χ4v) is 3.03. The average molecular weight is 320 g/mol. The van der Waals surface area contributed by atoms with Crippen molar-refractivity contribution in [2.75, 3.05) is 7.05 Å². The number of morpholine rings is 1. The van der Waals surface area contributed by atoms with E-state index in [1.807, 2.05) is 47.7 Å². The summed E-state index contributed by atoms with van der Waals surface area (Å²) in [4.78, 5) is 6.98. The molecule has 1 aliphatic carbocycles. The van der Waals surface area contributed by atoms with Gasteiger partial charge in [-0.15, -0.1) is 0 Å². The van der Waals surface area contributed by atoms with Crippen molar-refractivity contribution in [2.24, 2.45) is 10.1 Å². The highest BCUT2D eigenvalue weighted by atomic mass is 16.5. The summed E-state index contributed by atoms with van der Waals surface area (Å²) in [6.07, 6.45) is 5.70. The molecule has 0 N–H and O–H groups in total. The van der Waals surface area contributed by atoms with E-state index < -0.39 is 0 Å². The van der Waals surface area contributed by atoms with Crippen LogP contribution in [0.2, 0.25) is 0 Å². The Morgan fingerprint density at radius 2 is 1.91 bits per heavy atom. The SMILES string of the molecule is C=NN1C=C2OC3CCCC3N(C)C2=NC1=C(C)C.CC.CC. The van der Waals surface area contributed by atoms with Crippen LogP contribution < -0.4 is 0 Å². The molecule has 5 heteroatoms. The maximum atomic E-state index is 6.08. The van der Waals surface area contributed by atoms with E-state index >= 15 is 0 Å². The molecule has 0 aromatic rings. The predicted octanol–water partition coefficient (Wildman–Crippen LogP) is 4.34. The Balaban J connectivity index is 0.000000615. The van der Waals surface area contributed by atoms with Crippen LogP contribution in [0.3, 0.4) is 0 Å². The zero-order valence-corrected chi connectivity index (χ0v) is 15.8. The Kier molecular flexibility index (Phi) is 7.33. The minimum Gasteiger partial charge on any atom is -0.483 e. The van der Waals surface area contributed by atoms with Gasteiger partial charge in [0.25, 0.3) is 0 Å². The zero-order valence-electron chi connectivity index (χ0n) is 15.8. The lowest BCUT2D eigenvalue weighted by molar-refractivity contribution is 0.0538. The van der Waals surface area contributed by atoms with Gasteiger partial charge in [0, 0.05) is 13.8 Å². The molecule has 2 unspecified atom stereocenters. The molecule has 2 aliphatic heterocycles. The lowest BCUT2D eigenvalue weighted by Gasteiger charge is -2.41. The summed E-state index contributed by atoms with van der Waals surface area (Å²) in [5.74, 6) is 2.56. The summed E-state index contributed by atoms with van der Waals surface area (Å²) in [7, 11) is 2.11. The molecule has 1 saturated carbocycles. The first-order valence-electron chi connectivity index (χ1n) is 8.75. The number of ether oxygens (including phenoxy) is 1. The van der Waals surface area contributed by atoms with Gasteiger partial charge in [0.15, 0.2) is 17.4 Å². The number of likely N-dealkylation sites (N-methyl/N-ethyl adjacent to an activating group) is 1. The molecule has 0 aromatic heterocycles. The lowest BCUT2D eigenvalue weighted by Crippen LogP contribution is -2.50. The van der Waals surface area contributed by atoms with Crippen LogP contribution in [0.1, 0.15) is 60.8 Å². The zero-order chi connectivity index (χ0) is 17.6. The van der Waals surface area contributed by atoms with Gasteiger partial charge in [0.2, 0.25) is 0 Å². The van der Waals surface area contributed by atoms with E-state index in [0.29, 0.717) is 6.04 Å². The van der Waals surface area contributed by atoms with Crippen molar-refractivity contribution in [3.8, 4) is 0 Å². The Hall–Kier alpha value is -1.78. The van der Waals surface area contributed by atoms with Gasteiger partial charge in [-0.25, -0.2) is 10.0 Å². The first-order chi connectivity index (χ1) is 11.1. The van der Waals surface area contributed by atoms with Crippen LogP contribution in [0.25, 0.3) is 0 Å². The number of hydrogen-bond acceptors (Lipinski definition) is 5. The topological polar surface area (TPSA) is 40.4 Å². The number of hydrogen-bond donors (Lipinski definition) is 0. The third-order valence-electron chi connectivity index (χ3n) is 4.02. The fourth-order valence-electron chi connectivity index (χ4n) is 3.03. The van der Waals surface area contributed by atoms with Crippen molar-refractivity contribution < 1.29 is 4.74 Å². The van der Waals surface area contributed by atoms with E-state index in [2.05, 4.69) is 23.8 Å². The number of amidine groups is 1. The maximum Gasteiger partial charge on any atom is 0.180 e. The molecule has 3 rings (SSSR count). The van der Waals surface area contributed by atoms with Gasteiger partial charge in [-0.1, -0.05) is 27.7 Å². The fraction of sp³-hybridized carbons (Fsp3) is 0.667. The van der Waals surface area contributed by atoms with E-state index in [1.54, 1.807) is 5.01 Å². The molecule has 130 valence electrons. The summed E-state index contributed by atoms with van der Waals surface area (Å²) in [6.45, 7) is 15.7. The Bertz CT molecular complexity index is 503. The largest absolute Gasteiger partial charge is 0.483 e. The number of fused-ring (bicyclic) bond motifs is 2. The van der Waals surface area contributed by atoms with Crippen molar-refractivity contribution in [3.63, 3.8) is 0 Å². The lowest BCUT2D eigenvalue weighted by atomic mass is 10.1. The number of aliphatic imine (C=N–C) groups is 1. The van der Waals surface area contributed by atoms with Crippen molar-refractivity contribution in [3.05, 3.63) is 23.4 Å². The van der Waals surface area contributed by atoms with Crippen molar-refractivity contribution in [2.45, 2.75) is 73.0 Å². The molecule has 2 heterocycles. The van der Waals surface area contributed by atoms with Crippen LogP contribution in [0.15, 0.2) is 33.4 Å². The summed E-state index contributed by atoms with van der Waals surface area (Å²) in [5, 5.41) is 5.69. The van der Waals surface area contributed by atoms with Crippen LogP contribution in [0.4, 0.5) is 0 Å². The maximum absolute atomic E-state index is 6.08. The van der Waals surface area contributed by atoms with Gasteiger partial charge in [-0.3, -0.25) is 0 Å². The molecule has 0 aromatic carbocycles. The van der Waals surface area contributed by atoms with Crippen LogP contribution >= 0.6 is 0 Å². The molecule has 3 aliphatic rings. The Morgan fingerprint density at radius 1 is 1.26 bits per heavy atom. The van der Waals surface area contributed by atoms with E-state index in [0.717, 1.165) is 29.4 Å². The summed E-state index contributed by atoms with van der Waals surface area (Å²) >= 11 is 0. The van der Waals surface area contributed by atoms with E-state index in [4.69, 9.17) is 9.73 Å². The second-order valence-electron chi connectivity index (χ2n) is 5.50. The second kappa shape index (κ2) is 8.75. The van der Waals surface area contributed by atoms with Crippen LogP contribution in [0.5, 0.6) is 0 Å². The van der Waals surface area contributed by atoms with Gasteiger partial charge in [0.1, 0.15) is 6.10 Å². The summed E-state index contributed by atoms with van der Waals surface area (Å²) in [5.41, 5.74) is 1.11. The molecule has 1 saturated heterocycles. The summed E-state index contributed by atoms with van der Waals surface area (Å²) < 4.78 is 6.08. The van der Waals surface area contributed by atoms with Gasteiger partial charge >= 0.3 is 0 Å². The van der Waals surface area contributed by atoms with E-state index in [9.17, 15) is 0 Å². The van der Waals surface area contributed by atoms with Gasteiger partial charge in [-0.2, -0.15) is 5.10 Å². The number of nitrogens with zero attached hydrogens (tertiary/aromatic N) is 4. The highest BCUT2D eigenvalue weighted by Gasteiger charge is 2.41. The van der Waals surface area contributed by atoms with Crippen LogP contribution in [-0.4, -0.2) is 41.7 Å². The Labute approximate surface area is 141 Å². The molecule has 0 spiro atoms. The molecule has 2 fully saturated rings. The second-order valence-corrected chi connectivity index (χ2v) is 5.50. The average Bonchev–Trinajstić information content (AvgIpc) is 3.06. The Morgan fingerprint density at radius 3 is 2.48 bits per heavy atom. The molecule has 2 atom stereocenters. The normalized spacial score (nSPS) is 24.6. The highest BCUT2D eigenvalue weighted by molar-refractivity contribution is 5.98. The molecule has 0 radical (unpaired) electrons. The van der Waals surface area contributed by atoms with Gasteiger partial charge < -0.3 is 9.64 Å². The van der Waals surface area contributed by atoms with Crippen LogP contribution in [0, 0.1) is 0 Å². The standard InChI is InChI=1S/C14H20N4O.2C2H6/c1-9(2)13-16-14-12(8-18(13)15-3)19-11-7-5-6-10(11)17(14)4;2*1-2/h8,10-11H,3,5-7H2,1-2,4H3;2*1-2H3. The van der Waals surface area contributed by atoms with Crippen LogP contribution in [-0.2, 0) is 4.74 Å². The summed E-state index contributed by atoms with van der Waals surface area (Å²) in [6, 6.07) is 0.456. The first-order valence-corrected chi connectivity index (χ1v) is 8.75. The van der Waals surface area contributed by atoms with Gasteiger partial charge in [-0.05, 0) is 38.7 Å². The highest BCUT2D eigenvalue weighted by Crippen LogP contribution is 2.36. The predicted molar refractivity (Wildman–Crippen MR) is 98.3 cm³/mol. The molecule has 5 nitrogen and oxygen atoms in total. The molecule has 23 heavy (non-hydrogen) atoms.